The number of nitrogens with one attached hydrogen (secondary N) is 3. The number of benzene rings is 1. The van der Waals surface area contributed by atoms with Gasteiger partial charge in [0.2, 0.25) is 17.7 Å². The Balaban J connectivity index is 1.76. The maximum Gasteiger partial charge on any atom is 0.326 e. The normalized spacial score (nSPS) is 17.4. The number of unbranched alkanes of at least 4 members (excludes halogenated alkanes) is 1. The quantitative estimate of drug-likeness (QED) is 0.180. The van der Waals surface area contributed by atoms with Gasteiger partial charge >= 0.3 is 5.97 Å². The van der Waals surface area contributed by atoms with E-state index in [9.17, 15) is 24.3 Å². The average molecular weight is 528 g/mol. The van der Waals surface area contributed by atoms with E-state index >= 15 is 0 Å². The van der Waals surface area contributed by atoms with Crippen LogP contribution in [-0.2, 0) is 32.0 Å². The first-order valence-corrected chi connectivity index (χ1v) is 12.9. The summed E-state index contributed by atoms with van der Waals surface area (Å²) in [5, 5.41) is 15.1. The standard InChI is InChI=1S/C26H37N7O5/c27-11-5-4-9-20(25(36)33-12-6-10-22(33)26(37)38)31-24(35)21(13-17-7-2-1-3-8-17)32-23(34)19(28)14-18-15-29-16-30-18/h1-3,7-8,15-16,19-22H,4-6,9-14,27-28H2,(H,29,30)(H,31,35)(H,32,34)(H,37,38). The second kappa shape index (κ2) is 14.2. The van der Waals surface area contributed by atoms with Crippen molar-refractivity contribution >= 4 is 23.7 Å². The Morgan fingerprint density at radius 3 is 2.47 bits per heavy atom. The highest BCUT2D eigenvalue weighted by molar-refractivity contribution is 5.94. The zero-order chi connectivity index (χ0) is 27.5. The third-order valence-electron chi connectivity index (χ3n) is 6.63. The number of aliphatic carboxylic acids is 1. The number of rotatable bonds is 14. The van der Waals surface area contributed by atoms with Crippen molar-refractivity contribution in [3.05, 3.63) is 54.1 Å². The zero-order valence-corrected chi connectivity index (χ0v) is 21.3. The minimum absolute atomic E-state index is 0.181. The lowest BCUT2D eigenvalue weighted by molar-refractivity contribution is -0.149. The predicted octanol–water partition coefficient (Wildman–Crippen LogP) is -0.304. The summed E-state index contributed by atoms with van der Waals surface area (Å²) < 4.78 is 0. The summed E-state index contributed by atoms with van der Waals surface area (Å²) in [6.07, 6.45) is 5.91. The summed E-state index contributed by atoms with van der Waals surface area (Å²) in [5.74, 6) is -2.58. The van der Waals surface area contributed by atoms with Crippen LogP contribution in [0.25, 0.3) is 0 Å². The molecule has 8 N–H and O–H groups in total. The van der Waals surface area contributed by atoms with Crippen molar-refractivity contribution in [2.75, 3.05) is 13.1 Å². The fraction of sp³-hybridized carbons (Fsp3) is 0.500. The molecule has 0 aliphatic carbocycles. The van der Waals surface area contributed by atoms with Gasteiger partial charge in [-0.25, -0.2) is 9.78 Å². The molecule has 0 radical (unpaired) electrons. The van der Waals surface area contributed by atoms with E-state index in [2.05, 4.69) is 20.6 Å². The first-order valence-electron chi connectivity index (χ1n) is 12.9. The first-order chi connectivity index (χ1) is 18.3. The van der Waals surface area contributed by atoms with Gasteiger partial charge in [0.25, 0.3) is 0 Å². The van der Waals surface area contributed by atoms with Crippen molar-refractivity contribution in [3.63, 3.8) is 0 Å². The van der Waals surface area contributed by atoms with Crippen molar-refractivity contribution in [3.8, 4) is 0 Å². The molecule has 0 saturated carbocycles. The Morgan fingerprint density at radius 1 is 1.08 bits per heavy atom. The fourth-order valence-corrected chi connectivity index (χ4v) is 4.57. The van der Waals surface area contributed by atoms with E-state index in [-0.39, 0.29) is 12.8 Å². The highest BCUT2D eigenvalue weighted by Crippen LogP contribution is 2.20. The van der Waals surface area contributed by atoms with E-state index < -0.39 is 47.9 Å². The zero-order valence-electron chi connectivity index (χ0n) is 21.3. The number of nitrogens with zero attached hydrogens (tertiary/aromatic N) is 2. The number of hydrogen-bond acceptors (Lipinski definition) is 7. The van der Waals surface area contributed by atoms with Crippen molar-refractivity contribution < 1.29 is 24.3 Å². The lowest BCUT2D eigenvalue weighted by Crippen LogP contribution is -2.57. The lowest BCUT2D eigenvalue weighted by atomic mass is 10.0. The van der Waals surface area contributed by atoms with Crippen LogP contribution in [0, 0.1) is 0 Å². The number of carboxylic acid groups (broad SMARTS) is 1. The molecular weight excluding hydrogens is 490 g/mol. The summed E-state index contributed by atoms with van der Waals surface area (Å²) in [6, 6.07) is 5.38. The number of amides is 3. The number of H-pyrrole nitrogens is 1. The number of carbonyl (C=O) groups is 4. The molecule has 206 valence electrons. The third kappa shape index (κ3) is 8.12. The van der Waals surface area contributed by atoms with E-state index in [0.29, 0.717) is 50.9 Å². The molecule has 0 bridgehead atoms. The molecule has 1 aliphatic rings. The molecule has 12 heteroatoms. The van der Waals surface area contributed by atoms with Crippen LogP contribution >= 0.6 is 0 Å². The number of hydrogen-bond donors (Lipinski definition) is 6. The van der Waals surface area contributed by atoms with Crippen molar-refractivity contribution in [1.82, 2.24) is 25.5 Å². The van der Waals surface area contributed by atoms with Crippen LogP contribution in [0.15, 0.2) is 42.9 Å². The Hall–Kier alpha value is -3.77. The number of carbonyl (C=O) groups excluding carboxylic acids is 3. The van der Waals surface area contributed by atoms with Crippen molar-refractivity contribution in [2.24, 2.45) is 11.5 Å². The van der Waals surface area contributed by atoms with Gasteiger partial charge in [0.05, 0.1) is 12.4 Å². The third-order valence-corrected chi connectivity index (χ3v) is 6.63. The smallest absolute Gasteiger partial charge is 0.326 e. The van der Waals surface area contributed by atoms with E-state index in [1.54, 1.807) is 6.20 Å². The molecule has 12 nitrogen and oxygen atoms in total. The number of aromatic amines is 1. The highest BCUT2D eigenvalue weighted by atomic mass is 16.4. The molecule has 0 spiro atoms. The Kier molecular flexibility index (Phi) is 10.8. The molecule has 3 amide bonds. The van der Waals surface area contributed by atoms with Gasteiger partial charge in [0, 0.05) is 31.3 Å². The number of imidazole rings is 1. The summed E-state index contributed by atoms with van der Waals surface area (Å²) in [7, 11) is 0. The Labute approximate surface area is 221 Å². The van der Waals surface area contributed by atoms with E-state index in [0.717, 1.165) is 5.56 Å². The minimum atomic E-state index is -1.07. The van der Waals surface area contributed by atoms with Crippen LogP contribution in [-0.4, -0.2) is 80.9 Å². The molecule has 1 aliphatic heterocycles. The molecule has 4 unspecified atom stereocenters. The molecule has 4 atom stereocenters. The van der Waals surface area contributed by atoms with Crippen LogP contribution in [0.3, 0.4) is 0 Å². The molecule has 3 rings (SSSR count). The van der Waals surface area contributed by atoms with Gasteiger partial charge in [-0.1, -0.05) is 30.3 Å². The second-order valence-electron chi connectivity index (χ2n) is 9.51. The van der Waals surface area contributed by atoms with Crippen molar-refractivity contribution in [2.45, 2.75) is 69.1 Å². The topological polar surface area (TPSA) is 197 Å². The predicted molar refractivity (Wildman–Crippen MR) is 140 cm³/mol. The van der Waals surface area contributed by atoms with Gasteiger partial charge in [-0.05, 0) is 44.2 Å². The Bertz CT molecular complexity index is 1060. The number of nitrogens with two attached hydrogens (primary N) is 2. The van der Waals surface area contributed by atoms with Gasteiger partial charge in [-0.3, -0.25) is 14.4 Å². The van der Waals surface area contributed by atoms with Crippen molar-refractivity contribution in [1.29, 1.82) is 0 Å². The van der Waals surface area contributed by atoms with E-state index in [1.807, 2.05) is 30.3 Å². The van der Waals surface area contributed by atoms with E-state index in [1.165, 1.54) is 11.2 Å². The van der Waals surface area contributed by atoms with Gasteiger partial charge in [-0.2, -0.15) is 0 Å². The summed E-state index contributed by atoms with van der Waals surface area (Å²) in [4.78, 5) is 59.6. The van der Waals surface area contributed by atoms with Crippen LogP contribution in [0.1, 0.15) is 43.4 Å². The molecule has 1 saturated heterocycles. The fourth-order valence-electron chi connectivity index (χ4n) is 4.57. The van der Waals surface area contributed by atoms with Gasteiger partial charge < -0.3 is 37.1 Å². The average Bonchev–Trinajstić information content (AvgIpc) is 3.60. The van der Waals surface area contributed by atoms with E-state index in [4.69, 9.17) is 11.5 Å². The Morgan fingerprint density at radius 2 is 1.82 bits per heavy atom. The first kappa shape index (κ1) is 28.8. The maximum atomic E-state index is 13.5. The highest BCUT2D eigenvalue weighted by Gasteiger charge is 2.38. The molecular formula is C26H37N7O5. The van der Waals surface area contributed by atoms with Crippen LogP contribution < -0.4 is 22.1 Å². The maximum absolute atomic E-state index is 13.5. The SMILES string of the molecule is NCCCCC(NC(=O)C(Cc1ccccc1)NC(=O)C(N)Cc1cnc[nH]1)C(=O)N1CCCC1C(=O)O. The summed E-state index contributed by atoms with van der Waals surface area (Å²) >= 11 is 0. The molecule has 2 heterocycles. The van der Waals surface area contributed by atoms with Gasteiger partial charge in [-0.15, -0.1) is 0 Å². The van der Waals surface area contributed by atoms with Crippen LogP contribution in [0.4, 0.5) is 0 Å². The molecule has 1 aromatic carbocycles. The summed E-state index contributed by atoms with van der Waals surface area (Å²) in [6.45, 7) is 0.739. The minimum Gasteiger partial charge on any atom is -0.480 e. The van der Waals surface area contributed by atoms with Gasteiger partial charge in [0.15, 0.2) is 0 Å². The largest absolute Gasteiger partial charge is 0.480 e. The molecule has 38 heavy (non-hydrogen) atoms. The number of carboxylic acids is 1. The van der Waals surface area contributed by atoms with Crippen LogP contribution in [0.2, 0.25) is 0 Å². The number of likely N-dealkylation sites (tertiary alicyclic amines) is 1. The molecule has 2 aromatic rings. The van der Waals surface area contributed by atoms with Crippen LogP contribution in [0.5, 0.6) is 0 Å². The van der Waals surface area contributed by atoms with Gasteiger partial charge in [0.1, 0.15) is 18.1 Å². The molecule has 1 fully saturated rings. The second-order valence-corrected chi connectivity index (χ2v) is 9.51. The molecule has 1 aromatic heterocycles. The monoisotopic (exact) mass is 527 g/mol. The number of aromatic nitrogens is 2. The summed E-state index contributed by atoms with van der Waals surface area (Å²) in [5.41, 5.74) is 13.2. The lowest BCUT2D eigenvalue weighted by Gasteiger charge is -2.29.